The highest BCUT2D eigenvalue weighted by Gasteiger charge is 2.50. The summed E-state index contributed by atoms with van der Waals surface area (Å²) >= 11 is 0. The van der Waals surface area contributed by atoms with E-state index in [2.05, 4.69) is 15.3 Å². The number of carbonyl (C=O) groups excluding carboxylic acids is 1. The van der Waals surface area contributed by atoms with Crippen LogP contribution in [-0.2, 0) is 15.8 Å². The molecule has 1 amide bonds. The minimum absolute atomic E-state index is 0.145. The maximum absolute atomic E-state index is 14.5. The third-order valence-electron chi connectivity index (χ3n) is 4.32. The second-order valence-electron chi connectivity index (χ2n) is 7.14. The second-order valence-corrected chi connectivity index (χ2v) is 9.08. The van der Waals surface area contributed by atoms with Crippen LogP contribution in [0.1, 0.15) is 35.9 Å². The number of halogens is 2. The molecule has 0 spiro atoms. The van der Waals surface area contributed by atoms with Gasteiger partial charge < -0.3 is 10.1 Å². The number of ether oxygens (including phenoxy) is 1. The molecule has 1 atom stereocenters. The number of benzene rings is 1. The topological polar surface area (TPSA) is 98.2 Å². The number of carbonyl (C=O) groups is 1. The van der Waals surface area contributed by atoms with Crippen molar-refractivity contribution < 1.29 is 26.7 Å². The lowest BCUT2D eigenvalue weighted by atomic mass is 10.2. The zero-order valence-corrected chi connectivity index (χ0v) is 17.2. The van der Waals surface area contributed by atoms with Gasteiger partial charge in [-0.3, -0.25) is 4.79 Å². The molecule has 1 aliphatic rings. The van der Waals surface area contributed by atoms with Crippen molar-refractivity contribution in [2.45, 2.75) is 31.7 Å². The van der Waals surface area contributed by atoms with Crippen LogP contribution in [0.5, 0.6) is 11.6 Å². The van der Waals surface area contributed by atoms with Crippen LogP contribution in [-0.4, -0.2) is 36.6 Å². The number of aromatic nitrogens is 2. The largest absolute Gasteiger partial charge is 0.438 e. The van der Waals surface area contributed by atoms with Crippen molar-refractivity contribution in [1.29, 1.82) is 0 Å². The van der Waals surface area contributed by atoms with E-state index in [0.29, 0.717) is 18.6 Å². The Labute approximate surface area is 173 Å². The van der Waals surface area contributed by atoms with E-state index in [1.165, 1.54) is 6.08 Å². The molecule has 1 N–H and O–H groups in total. The molecule has 1 saturated carbocycles. The van der Waals surface area contributed by atoms with Crippen molar-refractivity contribution in [3.63, 3.8) is 0 Å². The fourth-order valence-corrected chi connectivity index (χ4v) is 3.10. The first-order chi connectivity index (χ1) is 14.1. The molecule has 2 aromatic rings. The molecule has 1 fully saturated rings. The molecule has 0 saturated heterocycles. The summed E-state index contributed by atoms with van der Waals surface area (Å²) in [6.07, 6.45) is 4.09. The molecule has 30 heavy (non-hydrogen) atoms. The summed E-state index contributed by atoms with van der Waals surface area (Å²) in [5.74, 6) is -5.40. The van der Waals surface area contributed by atoms with Gasteiger partial charge in [-0.05, 0) is 31.9 Å². The van der Waals surface area contributed by atoms with Gasteiger partial charge in [-0.25, -0.2) is 13.4 Å². The van der Waals surface area contributed by atoms with E-state index in [1.54, 1.807) is 37.3 Å². The summed E-state index contributed by atoms with van der Waals surface area (Å²) in [5, 5.41) is 3.52. The van der Waals surface area contributed by atoms with Crippen LogP contribution in [0.15, 0.2) is 48.0 Å². The Morgan fingerprint density at radius 1 is 1.30 bits per heavy atom. The minimum Gasteiger partial charge on any atom is -0.438 e. The Morgan fingerprint density at radius 3 is 2.57 bits per heavy atom. The summed E-state index contributed by atoms with van der Waals surface area (Å²) in [5.41, 5.74) is -0.145. The molecular formula is C20H21F2N3O4S. The van der Waals surface area contributed by atoms with Crippen LogP contribution in [0, 0.1) is 5.92 Å². The van der Waals surface area contributed by atoms with Gasteiger partial charge in [-0.1, -0.05) is 24.3 Å². The van der Waals surface area contributed by atoms with Gasteiger partial charge in [0.1, 0.15) is 11.3 Å². The fourth-order valence-electron chi connectivity index (χ4n) is 2.58. The lowest BCUT2D eigenvalue weighted by Gasteiger charge is -2.17. The van der Waals surface area contributed by atoms with Crippen molar-refractivity contribution in [1.82, 2.24) is 15.3 Å². The van der Waals surface area contributed by atoms with Crippen molar-refractivity contribution >= 4 is 15.7 Å². The fraction of sp³-hybridized carbons (Fsp3) is 0.350. The third kappa shape index (κ3) is 5.59. The molecule has 0 aliphatic heterocycles. The Hall–Kier alpha value is -2.88. The van der Waals surface area contributed by atoms with Gasteiger partial charge in [-0.2, -0.15) is 13.8 Å². The molecule has 10 heteroatoms. The Balaban J connectivity index is 1.90. The van der Waals surface area contributed by atoms with Crippen LogP contribution < -0.4 is 10.1 Å². The normalized spacial score (nSPS) is 15.7. The van der Waals surface area contributed by atoms with E-state index in [9.17, 15) is 22.0 Å². The highest BCUT2D eigenvalue weighted by Crippen LogP contribution is 2.48. The van der Waals surface area contributed by atoms with Crippen molar-refractivity contribution in [2.75, 3.05) is 6.26 Å². The SMILES string of the molecule is CC(C=CS(C)(=O)=O)NC(=O)c1cnc(C(F)(F)C2CC2)nc1Oc1ccccc1. The summed E-state index contributed by atoms with van der Waals surface area (Å²) in [6, 6.07) is 7.68. The van der Waals surface area contributed by atoms with Gasteiger partial charge in [0, 0.05) is 29.8 Å². The smallest absolute Gasteiger partial charge is 0.309 e. The van der Waals surface area contributed by atoms with Crippen molar-refractivity contribution in [3.05, 3.63) is 59.4 Å². The lowest BCUT2D eigenvalue weighted by molar-refractivity contribution is -0.0379. The number of sulfone groups is 1. The Kier molecular flexibility index (Phi) is 6.16. The zero-order chi connectivity index (χ0) is 21.9. The van der Waals surface area contributed by atoms with Gasteiger partial charge in [0.2, 0.25) is 11.7 Å². The van der Waals surface area contributed by atoms with Crippen LogP contribution in [0.3, 0.4) is 0 Å². The lowest BCUT2D eigenvalue weighted by Crippen LogP contribution is -2.32. The molecule has 1 aromatic carbocycles. The maximum Gasteiger partial charge on any atom is 0.309 e. The molecule has 0 bridgehead atoms. The molecule has 3 rings (SSSR count). The number of alkyl halides is 2. The number of para-hydroxylation sites is 1. The first kappa shape index (κ1) is 21.8. The number of rotatable bonds is 8. The third-order valence-corrected chi connectivity index (χ3v) is 4.97. The standard InChI is InChI=1S/C20H21F2N3O4S/c1-13(10-11-30(2,27)28)24-17(26)16-12-23-19(20(21,22)14-8-9-14)25-18(16)29-15-6-4-3-5-7-15/h3-7,10-14H,8-9H2,1-2H3,(H,24,26). The van der Waals surface area contributed by atoms with Crippen LogP contribution in [0.25, 0.3) is 0 Å². The zero-order valence-electron chi connectivity index (χ0n) is 16.4. The first-order valence-electron chi connectivity index (χ1n) is 9.23. The highest BCUT2D eigenvalue weighted by molar-refractivity contribution is 7.93. The van der Waals surface area contributed by atoms with Crippen molar-refractivity contribution in [3.8, 4) is 11.6 Å². The van der Waals surface area contributed by atoms with Crippen molar-refractivity contribution in [2.24, 2.45) is 5.92 Å². The predicted octanol–water partition coefficient (Wildman–Crippen LogP) is 3.45. The van der Waals surface area contributed by atoms with E-state index >= 15 is 0 Å². The average Bonchev–Trinajstić information content (AvgIpc) is 3.52. The van der Waals surface area contributed by atoms with Crippen LogP contribution in [0.4, 0.5) is 8.78 Å². The monoisotopic (exact) mass is 437 g/mol. The first-order valence-corrected chi connectivity index (χ1v) is 11.2. The van der Waals surface area contributed by atoms with Crippen LogP contribution >= 0.6 is 0 Å². The molecule has 7 nitrogen and oxygen atoms in total. The molecule has 160 valence electrons. The molecule has 1 aromatic heterocycles. The van der Waals surface area contributed by atoms with Gasteiger partial charge >= 0.3 is 5.92 Å². The minimum atomic E-state index is -3.36. The number of hydrogen-bond donors (Lipinski definition) is 1. The number of amides is 1. The molecule has 1 heterocycles. The predicted molar refractivity (Wildman–Crippen MR) is 106 cm³/mol. The molecule has 0 radical (unpaired) electrons. The number of nitrogens with zero attached hydrogens (tertiary/aromatic N) is 2. The quantitative estimate of drug-likeness (QED) is 0.679. The van der Waals surface area contributed by atoms with Gasteiger partial charge in [0.05, 0.1) is 0 Å². The van der Waals surface area contributed by atoms with Crippen LogP contribution in [0.2, 0.25) is 0 Å². The average molecular weight is 437 g/mol. The Bertz CT molecular complexity index is 1050. The summed E-state index contributed by atoms with van der Waals surface area (Å²) in [6.45, 7) is 1.56. The van der Waals surface area contributed by atoms with E-state index < -0.39 is 39.5 Å². The molecule has 1 unspecified atom stereocenters. The summed E-state index contributed by atoms with van der Waals surface area (Å²) < 4.78 is 57.0. The second kappa shape index (κ2) is 8.47. The molecular weight excluding hydrogens is 416 g/mol. The van der Waals surface area contributed by atoms with Gasteiger partial charge in [-0.15, -0.1) is 0 Å². The van der Waals surface area contributed by atoms with Gasteiger partial charge in [0.15, 0.2) is 9.84 Å². The van der Waals surface area contributed by atoms with Gasteiger partial charge in [0.25, 0.3) is 5.91 Å². The van der Waals surface area contributed by atoms with E-state index in [4.69, 9.17) is 4.74 Å². The Morgan fingerprint density at radius 2 is 1.97 bits per heavy atom. The van der Waals surface area contributed by atoms with E-state index in [1.807, 2.05) is 0 Å². The molecule has 1 aliphatic carbocycles. The van der Waals surface area contributed by atoms with E-state index in [-0.39, 0.29) is 11.4 Å². The summed E-state index contributed by atoms with van der Waals surface area (Å²) in [4.78, 5) is 20.2. The number of nitrogens with one attached hydrogen (secondary N) is 1. The highest BCUT2D eigenvalue weighted by atomic mass is 32.2. The van der Waals surface area contributed by atoms with E-state index in [0.717, 1.165) is 17.9 Å². The summed E-state index contributed by atoms with van der Waals surface area (Å²) in [7, 11) is -3.36. The number of hydrogen-bond acceptors (Lipinski definition) is 6. The maximum atomic E-state index is 14.5.